The van der Waals surface area contributed by atoms with Crippen LogP contribution in [0.1, 0.15) is 11.1 Å². The Bertz CT molecular complexity index is 2410. The molecule has 0 unspecified atom stereocenters. The third kappa shape index (κ3) is 11.4. The summed E-state index contributed by atoms with van der Waals surface area (Å²) in [4.78, 5) is 21.2. The molecule has 0 aliphatic heterocycles. The van der Waals surface area contributed by atoms with Crippen LogP contribution in [0, 0.1) is 34.9 Å². The summed E-state index contributed by atoms with van der Waals surface area (Å²) in [6, 6.07) is 27.2. The Hall–Kier alpha value is -7.16. The number of benzene rings is 6. The van der Waals surface area contributed by atoms with E-state index in [0.29, 0.717) is 33.6 Å². The second-order valence-electron chi connectivity index (χ2n) is 12.3. The van der Waals surface area contributed by atoms with Crippen molar-refractivity contribution in [2.75, 3.05) is 31.0 Å². The molecule has 6 rings (SSSR count). The minimum Gasteiger partial charge on any atom is -0.496 e. The number of halogens is 6. The minimum atomic E-state index is -1.29. The molecular formula is C43H34F6N2O7. The van der Waals surface area contributed by atoms with Gasteiger partial charge in [0.05, 0.1) is 12.8 Å². The van der Waals surface area contributed by atoms with Crippen LogP contribution in [0.25, 0.3) is 22.3 Å². The molecule has 4 N–H and O–H groups in total. The quantitative estimate of drug-likeness (QED) is 0.0751. The molecule has 0 heterocycles. The predicted octanol–water partition coefficient (Wildman–Crippen LogP) is 9.70. The van der Waals surface area contributed by atoms with Crippen molar-refractivity contribution in [3.05, 3.63) is 161 Å². The zero-order valence-corrected chi connectivity index (χ0v) is 30.5. The molecule has 6 aromatic rings. The van der Waals surface area contributed by atoms with E-state index in [1.807, 2.05) is 0 Å². The van der Waals surface area contributed by atoms with Crippen LogP contribution in [-0.2, 0) is 22.7 Å². The van der Waals surface area contributed by atoms with Crippen molar-refractivity contribution in [3.8, 4) is 39.5 Å². The summed E-state index contributed by atoms with van der Waals surface area (Å²) in [5.74, 6) is -5.97. The largest absolute Gasteiger partial charge is 0.496 e. The Morgan fingerprint density at radius 1 is 0.552 bits per heavy atom. The molecule has 58 heavy (non-hydrogen) atoms. The molecule has 0 amide bonds. The van der Waals surface area contributed by atoms with E-state index in [9.17, 15) is 35.9 Å². The lowest BCUT2D eigenvalue weighted by molar-refractivity contribution is -0.140. The number of aliphatic carboxylic acids is 2. The molecule has 0 radical (unpaired) electrons. The van der Waals surface area contributed by atoms with E-state index in [-0.39, 0.29) is 41.7 Å². The van der Waals surface area contributed by atoms with Crippen LogP contribution in [-0.4, -0.2) is 42.5 Å². The monoisotopic (exact) mass is 804 g/mol. The fourth-order valence-electron chi connectivity index (χ4n) is 5.52. The molecule has 15 heteroatoms. The van der Waals surface area contributed by atoms with Crippen LogP contribution < -0.4 is 24.8 Å². The van der Waals surface area contributed by atoms with E-state index >= 15 is 0 Å². The highest BCUT2D eigenvalue weighted by Crippen LogP contribution is 2.32. The molecule has 6 aromatic carbocycles. The number of hydrogen-bond acceptors (Lipinski definition) is 7. The van der Waals surface area contributed by atoms with E-state index in [1.165, 1.54) is 55.6 Å². The summed E-state index contributed by atoms with van der Waals surface area (Å²) in [6.07, 6.45) is 0. The van der Waals surface area contributed by atoms with E-state index in [0.717, 1.165) is 18.2 Å². The Labute approximate surface area is 328 Å². The molecule has 0 aromatic heterocycles. The summed E-state index contributed by atoms with van der Waals surface area (Å²) in [7, 11) is 1.46. The van der Waals surface area contributed by atoms with Gasteiger partial charge in [-0.15, -0.1) is 0 Å². The van der Waals surface area contributed by atoms with E-state index in [1.54, 1.807) is 48.5 Å². The maximum absolute atomic E-state index is 14.6. The van der Waals surface area contributed by atoms with Gasteiger partial charge in [-0.05, 0) is 95.1 Å². The molecule has 0 spiro atoms. The maximum Gasteiger partial charge on any atom is 0.341 e. The first-order chi connectivity index (χ1) is 27.8. The van der Waals surface area contributed by atoms with Gasteiger partial charge in [0.1, 0.15) is 46.3 Å². The number of methoxy groups -OCH3 is 1. The van der Waals surface area contributed by atoms with Crippen molar-refractivity contribution in [1.82, 2.24) is 0 Å². The van der Waals surface area contributed by atoms with Gasteiger partial charge in [-0.3, -0.25) is 0 Å². The first kappa shape index (κ1) is 42.0. The number of rotatable bonds is 15. The van der Waals surface area contributed by atoms with E-state index in [4.69, 9.17) is 24.4 Å². The zero-order chi connectivity index (χ0) is 41.8. The molecule has 0 aliphatic carbocycles. The average molecular weight is 805 g/mol. The Kier molecular flexibility index (Phi) is 14.2. The molecule has 0 fully saturated rings. The summed E-state index contributed by atoms with van der Waals surface area (Å²) in [5.41, 5.74) is 2.97. The lowest BCUT2D eigenvalue weighted by atomic mass is 10.0. The van der Waals surface area contributed by atoms with Gasteiger partial charge in [-0.25, -0.2) is 35.9 Å². The number of carbonyl (C=O) groups is 2. The van der Waals surface area contributed by atoms with Gasteiger partial charge >= 0.3 is 11.9 Å². The van der Waals surface area contributed by atoms with Crippen LogP contribution in [0.3, 0.4) is 0 Å². The highest BCUT2D eigenvalue weighted by atomic mass is 19.1. The normalized spacial score (nSPS) is 10.5. The van der Waals surface area contributed by atoms with Crippen molar-refractivity contribution in [2.24, 2.45) is 0 Å². The minimum absolute atomic E-state index is 0.0114. The van der Waals surface area contributed by atoms with Crippen LogP contribution >= 0.6 is 0 Å². The SMILES string of the molecule is COc1ccc(-c2cccc(F)c2)cc1CNc1c(F)ccc(OCC(=O)O)c1F.O=C(O)COc1ccc(F)c(NCc2cc(-c3cccc(F)c3)ccc2F)c1. The third-order valence-corrected chi connectivity index (χ3v) is 8.27. The zero-order valence-electron chi connectivity index (χ0n) is 30.5. The summed E-state index contributed by atoms with van der Waals surface area (Å²) in [6.45, 7) is -1.36. The van der Waals surface area contributed by atoms with Gasteiger partial charge in [0.15, 0.2) is 24.8 Å². The first-order valence-corrected chi connectivity index (χ1v) is 17.2. The lowest BCUT2D eigenvalue weighted by Gasteiger charge is -2.15. The van der Waals surface area contributed by atoms with Crippen LogP contribution in [0.5, 0.6) is 17.2 Å². The van der Waals surface area contributed by atoms with Crippen molar-refractivity contribution in [3.63, 3.8) is 0 Å². The highest BCUT2D eigenvalue weighted by molar-refractivity contribution is 5.69. The topological polar surface area (TPSA) is 126 Å². The Balaban J connectivity index is 0.000000221. The lowest BCUT2D eigenvalue weighted by Crippen LogP contribution is -2.12. The predicted molar refractivity (Wildman–Crippen MR) is 204 cm³/mol. The van der Waals surface area contributed by atoms with Gasteiger partial charge in [0, 0.05) is 30.3 Å². The summed E-state index contributed by atoms with van der Waals surface area (Å²) >= 11 is 0. The number of ether oxygens (including phenoxy) is 3. The second kappa shape index (κ2) is 19.6. The first-order valence-electron chi connectivity index (χ1n) is 17.2. The van der Waals surface area contributed by atoms with Crippen molar-refractivity contribution in [2.45, 2.75) is 13.1 Å². The van der Waals surface area contributed by atoms with Gasteiger partial charge in [0.2, 0.25) is 0 Å². The number of hydrogen-bond donors (Lipinski definition) is 4. The summed E-state index contributed by atoms with van der Waals surface area (Å²) < 4.78 is 99.0. The standard InChI is InChI=1S/C22H18F3NO4.C21H16F3NO3/c1-29-18-7-5-14(13-3-2-4-16(23)10-13)9-15(18)11-26-22-17(24)6-8-19(21(22)25)30-12-20(27)28;22-16-3-1-2-13(9-16)14-4-6-18(23)15(8-14)11-25-20-10-17(5-7-19(20)24)28-12-21(26)27/h2-10,26H,11-12H2,1H3,(H,27,28);1-10,25H,11-12H2,(H,26,27). The van der Waals surface area contributed by atoms with Crippen molar-refractivity contribution >= 4 is 23.3 Å². The third-order valence-electron chi connectivity index (χ3n) is 8.27. The molecule has 300 valence electrons. The molecular weight excluding hydrogens is 770 g/mol. The Morgan fingerprint density at radius 2 is 1.09 bits per heavy atom. The van der Waals surface area contributed by atoms with E-state index in [2.05, 4.69) is 10.6 Å². The maximum atomic E-state index is 14.6. The van der Waals surface area contributed by atoms with Gasteiger partial charge < -0.3 is 35.1 Å². The van der Waals surface area contributed by atoms with Gasteiger partial charge in [0.25, 0.3) is 0 Å². The molecule has 0 saturated carbocycles. The van der Waals surface area contributed by atoms with Gasteiger partial charge in [-0.2, -0.15) is 0 Å². The van der Waals surface area contributed by atoms with Crippen molar-refractivity contribution < 1.29 is 60.4 Å². The number of nitrogens with one attached hydrogen (secondary N) is 2. The number of anilines is 2. The van der Waals surface area contributed by atoms with E-state index < -0.39 is 59.9 Å². The fraction of sp³-hybridized carbons (Fsp3) is 0.116. The number of carboxylic acids is 2. The van der Waals surface area contributed by atoms with Gasteiger partial charge in [-0.1, -0.05) is 36.4 Å². The molecule has 9 nitrogen and oxygen atoms in total. The number of carboxylic acid groups (broad SMARTS) is 2. The molecule has 0 saturated heterocycles. The highest BCUT2D eigenvalue weighted by Gasteiger charge is 2.17. The molecule has 0 aliphatic rings. The molecule has 0 bridgehead atoms. The smallest absolute Gasteiger partial charge is 0.341 e. The van der Waals surface area contributed by atoms with Crippen LogP contribution in [0.15, 0.2) is 115 Å². The Morgan fingerprint density at radius 3 is 1.71 bits per heavy atom. The molecule has 0 atom stereocenters. The fourth-order valence-corrected chi connectivity index (χ4v) is 5.52. The average Bonchev–Trinajstić information content (AvgIpc) is 3.20. The van der Waals surface area contributed by atoms with Crippen molar-refractivity contribution in [1.29, 1.82) is 0 Å². The van der Waals surface area contributed by atoms with Crippen LogP contribution in [0.2, 0.25) is 0 Å². The second-order valence-corrected chi connectivity index (χ2v) is 12.3. The van der Waals surface area contributed by atoms with Crippen LogP contribution in [0.4, 0.5) is 37.7 Å². The summed E-state index contributed by atoms with van der Waals surface area (Å²) in [5, 5.41) is 22.7.